The average Bonchev–Trinajstić information content (AvgIpc) is 2.36. The second kappa shape index (κ2) is 5.85. The molecule has 2 rings (SSSR count). The quantitative estimate of drug-likeness (QED) is 0.865. The van der Waals surface area contributed by atoms with Crippen LogP contribution in [0.2, 0.25) is 0 Å². The Morgan fingerprint density at radius 2 is 1.81 bits per heavy atom. The summed E-state index contributed by atoms with van der Waals surface area (Å²) in [7, 11) is -3.34. The zero-order chi connectivity index (χ0) is 15.8. The molecule has 2 atom stereocenters. The van der Waals surface area contributed by atoms with Crippen molar-refractivity contribution in [2.75, 3.05) is 23.7 Å². The Bertz CT molecular complexity index is 603. The Balaban J connectivity index is 2.31. The normalized spacial score (nSPS) is 23.6. The number of nitrogen functional groups attached to an aromatic ring is 1. The molecule has 0 unspecified atom stereocenters. The van der Waals surface area contributed by atoms with E-state index in [9.17, 15) is 8.42 Å². The van der Waals surface area contributed by atoms with Gasteiger partial charge in [-0.05, 0) is 45.9 Å². The summed E-state index contributed by atoms with van der Waals surface area (Å²) < 4.78 is 30.2. The van der Waals surface area contributed by atoms with Crippen LogP contribution in [-0.2, 0) is 14.6 Å². The number of hydrogen-bond acceptors (Lipinski definition) is 5. The maximum absolute atomic E-state index is 12.2. The van der Waals surface area contributed by atoms with Crippen LogP contribution in [0.5, 0.6) is 0 Å². The minimum absolute atomic E-state index is 0.147. The van der Waals surface area contributed by atoms with E-state index in [2.05, 4.69) is 4.90 Å². The van der Waals surface area contributed by atoms with Crippen LogP contribution in [0.4, 0.5) is 11.4 Å². The highest BCUT2D eigenvalue weighted by molar-refractivity contribution is 7.92. The lowest BCUT2D eigenvalue weighted by Gasteiger charge is -2.37. The number of benzene rings is 1. The van der Waals surface area contributed by atoms with Crippen LogP contribution in [0.25, 0.3) is 0 Å². The topological polar surface area (TPSA) is 72.6 Å². The van der Waals surface area contributed by atoms with Crippen molar-refractivity contribution in [1.82, 2.24) is 0 Å². The summed E-state index contributed by atoms with van der Waals surface area (Å²) in [6.07, 6.45) is 0.295. The Labute approximate surface area is 127 Å². The van der Waals surface area contributed by atoms with Gasteiger partial charge in [-0.25, -0.2) is 8.42 Å². The van der Waals surface area contributed by atoms with Crippen molar-refractivity contribution in [3.8, 4) is 0 Å². The number of ether oxygens (including phenoxy) is 1. The first kappa shape index (κ1) is 16.1. The fraction of sp³-hybridized carbons (Fsp3) is 0.600. The third-order valence-electron chi connectivity index (χ3n) is 3.71. The summed E-state index contributed by atoms with van der Waals surface area (Å²) in [5.41, 5.74) is 7.24. The van der Waals surface area contributed by atoms with Crippen molar-refractivity contribution >= 4 is 21.2 Å². The summed E-state index contributed by atoms with van der Waals surface area (Å²) >= 11 is 0. The van der Waals surface area contributed by atoms with Gasteiger partial charge in [0, 0.05) is 18.8 Å². The molecule has 1 heterocycles. The monoisotopic (exact) mass is 312 g/mol. The van der Waals surface area contributed by atoms with Gasteiger partial charge in [-0.3, -0.25) is 0 Å². The van der Waals surface area contributed by atoms with E-state index in [1.165, 1.54) is 0 Å². The van der Waals surface area contributed by atoms with E-state index in [1.807, 2.05) is 19.9 Å². The molecule has 1 aliphatic rings. The second-order valence-electron chi connectivity index (χ2n) is 5.98. The van der Waals surface area contributed by atoms with E-state index in [4.69, 9.17) is 10.5 Å². The van der Waals surface area contributed by atoms with Gasteiger partial charge in [-0.2, -0.15) is 0 Å². The Kier molecular flexibility index (Phi) is 4.49. The number of morpholine rings is 1. The predicted octanol–water partition coefficient (Wildman–Crippen LogP) is 2.06. The van der Waals surface area contributed by atoms with Crippen molar-refractivity contribution in [2.45, 2.75) is 50.0 Å². The third kappa shape index (κ3) is 3.32. The van der Waals surface area contributed by atoms with Crippen molar-refractivity contribution in [3.63, 3.8) is 0 Å². The SMILES string of the molecule is CC(C)S(=O)(=O)c1ccc(N2C[C@H](C)O[C@@H](C)C2)cc1N. The van der Waals surface area contributed by atoms with Crippen LogP contribution in [0, 0.1) is 0 Å². The molecule has 1 saturated heterocycles. The molecular weight excluding hydrogens is 288 g/mol. The lowest BCUT2D eigenvalue weighted by atomic mass is 10.2. The van der Waals surface area contributed by atoms with E-state index < -0.39 is 15.1 Å². The molecule has 5 nitrogen and oxygen atoms in total. The van der Waals surface area contributed by atoms with E-state index in [0.717, 1.165) is 18.8 Å². The van der Waals surface area contributed by atoms with Gasteiger partial charge in [-0.15, -0.1) is 0 Å². The molecular formula is C15H24N2O3S. The molecule has 118 valence electrons. The standard InChI is InChI=1S/C15H24N2O3S/c1-10(2)21(18,19)15-6-5-13(7-14(15)16)17-8-11(3)20-12(4)9-17/h5-7,10-12H,8-9,16H2,1-4H3/t11-,12-/m0/s1. The fourth-order valence-electron chi connectivity index (χ4n) is 2.63. The first-order chi connectivity index (χ1) is 9.71. The first-order valence-electron chi connectivity index (χ1n) is 7.25. The summed E-state index contributed by atoms with van der Waals surface area (Å²) in [5.74, 6) is 0. The van der Waals surface area contributed by atoms with Crippen LogP contribution in [0.15, 0.2) is 23.1 Å². The molecule has 1 aromatic carbocycles. The largest absolute Gasteiger partial charge is 0.398 e. The van der Waals surface area contributed by atoms with Crippen molar-refractivity contribution < 1.29 is 13.2 Å². The van der Waals surface area contributed by atoms with Crippen LogP contribution in [0.1, 0.15) is 27.7 Å². The van der Waals surface area contributed by atoms with E-state index in [0.29, 0.717) is 5.69 Å². The number of sulfone groups is 1. The molecule has 1 aliphatic heterocycles. The summed E-state index contributed by atoms with van der Waals surface area (Å²) in [5, 5.41) is -0.478. The van der Waals surface area contributed by atoms with Gasteiger partial charge in [0.2, 0.25) is 0 Å². The highest BCUT2D eigenvalue weighted by atomic mass is 32.2. The van der Waals surface area contributed by atoms with Crippen molar-refractivity contribution in [2.24, 2.45) is 0 Å². The van der Waals surface area contributed by atoms with Crippen LogP contribution >= 0.6 is 0 Å². The highest BCUT2D eigenvalue weighted by Crippen LogP contribution is 2.29. The number of hydrogen-bond donors (Lipinski definition) is 1. The van der Waals surface area contributed by atoms with Gasteiger partial charge in [-0.1, -0.05) is 0 Å². The molecule has 0 aliphatic carbocycles. The minimum Gasteiger partial charge on any atom is -0.398 e. The zero-order valence-corrected chi connectivity index (χ0v) is 13.9. The first-order valence-corrected chi connectivity index (χ1v) is 8.80. The zero-order valence-electron chi connectivity index (χ0n) is 13.0. The summed E-state index contributed by atoms with van der Waals surface area (Å²) in [6, 6.07) is 5.20. The lowest BCUT2D eigenvalue weighted by molar-refractivity contribution is -0.00521. The van der Waals surface area contributed by atoms with Crippen molar-refractivity contribution in [3.05, 3.63) is 18.2 Å². The Morgan fingerprint density at radius 3 is 2.29 bits per heavy atom. The van der Waals surface area contributed by atoms with Gasteiger partial charge in [0.25, 0.3) is 0 Å². The molecule has 0 aromatic heterocycles. The van der Waals surface area contributed by atoms with E-state index in [1.54, 1.807) is 26.0 Å². The number of anilines is 2. The van der Waals surface area contributed by atoms with Crippen LogP contribution in [0.3, 0.4) is 0 Å². The molecule has 0 amide bonds. The Morgan fingerprint density at radius 1 is 1.24 bits per heavy atom. The number of rotatable bonds is 3. The lowest BCUT2D eigenvalue weighted by Crippen LogP contribution is -2.45. The summed E-state index contributed by atoms with van der Waals surface area (Å²) in [6.45, 7) is 8.94. The van der Waals surface area contributed by atoms with Crippen LogP contribution < -0.4 is 10.6 Å². The molecule has 0 radical (unpaired) electrons. The minimum atomic E-state index is -3.34. The van der Waals surface area contributed by atoms with E-state index >= 15 is 0 Å². The smallest absolute Gasteiger partial charge is 0.182 e. The Hall–Kier alpha value is -1.27. The van der Waals surface area contributed by atoms with Gasteiger partial charge >= 0.3 is 0 Å². The molecule has 0 bridgehead atoms. The number of nitrogens with zero attached hydrogens (tertiary/aromatic N) is 1. The molecule has 1 fully saturated rings. The van der Waals surface area contributed by atoms with Crippen LogP contribution in [-0.4, -0.2) is 39.0 Å². The van der Waals surface area contributed by atoms with Gasteiger partial charge in [0.1, 0.15) is 0 Å². The molecule has 0 spiro atoms. The van der Waals surface area contributed by atoms with Gasteiger partial charge in [0.15, 0.2) is 9.84 Å². The average molecular weight is 312 g/mol. The highest BCUT2D eigenvalue weighted by Gasteiger charge is 2.25. The predicted molar refractivity (Wildman–Crippen MR) is 85.4 cm³/mol. The fourth-order valence-corrected chi connectivity index (χ4v) is 3.79. The molecule has 21 heavy (non-hydrogen) atoms. The molecule has 6 heteroatoms. The maximum Gasteiger partial charge on any atom is 0.182 e. The van der Waals surface area contributed by atoms with E-state index in [-0.39, 0.29) is 17.1 Å². The van der Waals surface area contributed by atoms with Gasteiger partial charge in [0.05, 0.1) is 28.0 Å². The second-order valence-corrected chi connectivity index (χ2v) is 8.45. The maximum atomic E-state index is 12.2. The molecule has 0 saturated carbocycles. The molecule has 2 N–H and O–H groups in total. The van der Waals surface area contributed by atoms with Gasteiger partial charge < -0.3 is 15.4 Å². The van der Waals surface area contributed by atoms with Crippen molar-refractivity contribution in [1.29, 1.82) is 0 Å². The number of nitrogens with two attached hydrogens (primary N) is 1. The third-order valence-corrected chi connectivity index (χ3v) is 5.93. The molecule has 1 aromatic rings. The summed E-state index contributed by atoms with van der Waals surface area (Å²) in [4.78, 5) is 2.40.